The van der Waals surface area contributed by atoms with Gasteiger partial charge in [-0.05, 0) is 35.6 Å². The van der Waals surface area contributed by atoms with Gasteiger partial charge in [-0.2, -0.15) is 0 Å². The first-order valence-electron chi connectivity index (χ1n) is 8.64. The molecule has 0 unspecified atom stereocenters. The van der Waals surface area contributed by atoms with Gasteiger partial charge in [-0.1, -0.05) is 0 Å². The van der Waals surface area contributed by atoms with Crippen LogP contribution in [0.4, 0.5) is 0 Å². The number of guanidine groups is 1. The van der Waals surface area contributed by atoms with Gasteiger partial charge >= 0.3 is 0 Å². The maximum absolute atomic E-state index is 12.4. The molecule has 1 amide bonds. The number of thiophene rings is 1. The molecule has 0 fully saturated rings. The van der Waals surface area contributed by atoms with Crippen LogP contribution in [0.5, 0.6) is 0 Å². The molecule has 0 aliphatic carbocycles. The monoisotopic (exact) mass is 359 g/mol. The van der Waals surface area contributed by atoms with E-state index in [1.807, 2.05) is 29.4 Å². The second kappa shape index (κ2) is 8.71. The smallest absolute Gasteiger partial charge is 0.224 e. The molecule has 0 spiro atoms. The average molecular weight is 359 g/mol. The Morgan fingerprint density at radius 2 is 2.08 bits per heavy atom. The van der Waals surface area contributed by atoms with Crippen molar-refractivity contribution < 1.29 is 4.79 Å². The molecule has 2 N–H and O–H groups in total. The Labute approximate surface area is 152 Å². The van der Waals surface area contributed by atoms with Crippen molar-refractivity contribution >= 4 is 23.2 Å². The number of nitrogens with zero attached hydrogens (tertiary/aromatic N) is 3. The van der Waals surface area contributed by atoms with E-state index in [1.54, 1.807) is 18.4 Å². The first-order valence-corrected chi connectivity index (χ1v) is 9.52. The molecular formula is C18H25N5OS. The molecule has 3 heterocycles. The fraction of sp³-hybridized carbons (Fsp3) is 0.444. The third-order valence-corrected chi connectivity index (χ3v) is 5.37. The lowest BCUT2D eigenvalue weighted by Crippen LogP contribution is -2.41. The van der Waals surface area contributed by atoms with E-state index in [0.29, 0.717) is 13.0 Å². The van der Waals surface area contributed by atoms with Crippen molar-refractivity contribution in [2.45, 2.75) is 25.9 Å². The molecule has 0 atom stereocenters. The quantitative estimate of drug-likeness (QED) is 0.609. The number of rotatable bonds is 6. The fourth-order valence-electron chi connectivity index (χ4n) is 2.95. The van der Waals surface area contributed by atoms with Crippen molar-refractivity contribution in [2.75, 3.05) is 26.7 Å². The standard InChI is InChI=1S/C18H25N5OS/c1-19-18(21-8-12-22-9-2-3-10-22)20-7-4-17(24)23-11-5-16-15(14-23)6-13-25-16/h2-3,6,9-10,13H,4-5,7-8,11-12,14H2,1H3,(H2,19,20,21). The van der Waals surface area contributed by atoms with E-state index in [2.05, 4.69) is 31.6 Å². The lowest BCUT2D eigenvalue weighted by Gasteiger charge is -2.27. The Morgan fingerprint density at radius 3 is 2.88 bits per heavy atom. The highest BCUT2D eigenvalue weighted by Gasteiger charge is 2.20. The number of hydrogen-bond donors (Lipinski definition) is 2. The molecule has 0 saturated heterocycles. The van der Waals surface area contributed by atoms with E-state index in [1.165, 1.54) is 10.4 Å². The maximum Gasteiger partial charge on any atom is 0.224 e. The van der Waals surface area contributed by atoms with E-state index >= 15 is 0 Å². The summed E-state index contributed by atoms with van der Waals surface area (Å²) in [6, 6.07) is 6.16. The number of carbonyl (C=O) groups is 1. The van der Waals surface area contributed by atoms with Gasteiger partial charge in [0.25, 0.3) is 0 Å². The Bertz CT molecular complexity index is 707. The minimum atomic E-state index is 0.201. The molecule has 25 heavy (non-hydrogen) atoms. The number of aromatic nitrogens is 1. The minimum absolute atomic E-state index is 0.201. The van der Waals surface area contributed by atoms with Crippen LogP contribution >= 0.6 is 11.3 Å². The second-order valence-electron chi connectivity index (χ2n) is 6.03. The van der Waals surface area contributed by atoms with Gasteiger partial charge in [0.05, 0.1) is 0 Å². The third-order valence-electron chi connectivity index (χ3n) is 4.34. The largest absolute Gasteiger partial charge is 0.356 e. The zero-order valence-electron chi connectivity index (χ0n) is 14.6. The van der Waals surface area contributed by atoms with Gasteiger partial charge in [0.15, 0.2) is 5.96 Å². The van der Waals surface area contributed by atoms with Crippen molar-refractivity contribution in [1.29, 1.82) is 0 Å². The summed E-state index contributed by atoms with van der Waals surface area (Å²) < 4.78 is 2.11. The van der Waals surface area contributed by atoms with Crippen molar-refractivity contribution in [1.82, 2.24) is 20.1 Å². The van der Waals surface area contributed by atoms with Gasteiger partial charge in [0.2, 0.25) is 5.91 Å². The number of amides is 1. The topological polar surface area (TPSA) is 61.7 Å². The highest BCUT2D eigenvalue weighted by molar-refractivity contribution is 7.10. The predicted octanol–water partition coefficient (Wildman–Crippen LogP) is 1.69. The van der Waals surface area contributed by atoms with Crippen LogP contribution in [-0.2, 0) is 24.3 Å². The number of fused-ring (bicyclic) bond motifs is 1. The molecule has 0 bridgehead atoms. The molecule has 0 aromatic carbocycles. The molecule has 134 valence electrons. The summed E-state index contributed by atoms with van der Waals surface area (Å²) in [6.07, 6.45) is 5.54. The van der Waals surface area contributed by atoms with Crippen LogP contribution in [0.2, 0.25) is 0 Å². The van der Waals surface area contributed by atoms with Crippen molar-refractivity contribution in [2.24, 2.45) is 4.99 Å². The van der Waals surface area contributed by atoms with Crippen LogP contribution < -0.4 is 10.6 Å². The number of nitrogens with one attached hydrogen (secondary N) is 2. The summed E-state index contributed by atoms with van der Waals surface area (Å²) in [5.41, 5.74) is 1.31. The number of hydrogen-bond acceptors (Lipinski definition) is 3. The minimum Gasteiger partial charge on any atom is -0.356 e. The van der Waals surface area contributed by atoms with Crippen LogP contribution in [0.3, 0.4) is 0 Å². The van der Waals surface area contributed by atoms with E-state index in [4.69, 9.17) is 0 Å². The summed E-state index contributed by atoms with van der Waals surface area (Å²) in [5.74, 6) is 0.936. The molecule has 0 saturated carbocycles. The van der Waals surface area contributed by atoms with Crippen LogP contribution in [-0.4, -0.2) is 48.0 Å². The van der Waals surface area contributed by atoms with Gasteiger partial charge in [0, 0.05) is 63.5 Å². The van der Waals surface area contributed by atoms with Crippen molar-refractivity contribution in [3.05, 3.63) is 46.4 Å². The summed E-state index contributed by atoms with van der Waals surface area (Å²) in [4.78, 5) is 20.0. The van der Waals surface area contributed by atoms with Gasteiger partial charge in [-0.15, -0.1) is 11.3 Å². The summed E-state index contributed by atoms with van der Waals surface area (Å²) in [7, 11) is 1.75. The van der Waals surface area contributed by atoms with Gasteiger partial charge in [-0.25, -0.2) is 0 Å². The Morgan fingerprint density at radius 1 is 1.28 bits per heavy atom. The molecular weight excluding hydrogens is 334 g/mol. The first kappa shape index (κ1) is 17.5. The van der Waals surface area contributed by atoms with Crippen molar-refractivity contribution in [3.8, 4) is 0 Å². The second-order valence-corrected chi connectivity index (χ2v) is 7.03. The van der Waals surface area contributed by atoms with Crippen LogP contribution in [0.15, 0.2) is 41.0 Å². The molecule has 2 aromatic heterocycles. The molecule has 1 aliphatic rings. The molecule has 1 aliphatic heterocycles. The zero-order chi connectivity index (χ0) is 17.5. The molecule has 3 rings (SSSR count). The summed E-state index contributed by atoms with van der Waals surface area (Å²) in [5, 5.41) is 8.60. The van der Waals surface area contributed by atoms with Crippen LogP contribution in [0.25, 0.3) is 0 Å². The van der Waals surface area contributed by atoms with Gasteiger partial charge in [-0.3, -0.25) is 9.79 Å². The molecule has 7 heteroatoms. The SMILES string of the molecule is CN=C(NCCC(=O)N1CCc2sccc2C1)NCCn1cccc1. The Hall–Kier alpha value is -2.28. The molecule has 6 nitrogen and oxygen atoms in total. The van der Waals surface area contributed by atoms with E-state index in [0.717, 1.165) is 38.6 Å². The number of carbonyl (C=O) groups excluding carboxylic acids is 1. The lowest BCUT2D eigenvalue weighted by molar-refractivity contribution is -0.131. The highest BCUT2D eigenvalue weighted by atomic mass is 32.1. The fourth-order valence-corrected chi connectivity index (χ4v) is 3.84. The normalized spacial score (nSPS) is 14.3. The van der Waals surface area contributed by atoms with E-state index in [9.17, 15) is 4.79 Å². The average Bonchev–Trinajstić information content (AvgIpc) is 3.31. The highest BCUT2D eigenvalue weighted by Crippen LogP contribution is 2.24. The third kappa shape index (κ3) is 4.85. The molecule has 2 aromatic rings. The first-order chi connectivity index (χ1) is 12.3. The van der Waals surface area contributed by atoms with Crippen LogP contribution in [0, 0.1) is 0 Å². The van der Waals surface area contributed by atoms with E-state index in [-0.39, 0.29) is 5.91 Å². The molecule has 0 radical (unpaired) electrons. The van der Waals surface area contributed by atoms with Gasteiger partial charge < -0.3 is 20.1 Å². The Kier molecular flexibility index (Phi) is 6.11. The van der Waals surface area contributed by atoms with E-state index < -0.39 is 0 Å². The van der Waals surface area contributed by atoms with Crippen molar-refractivity contribution in [3.63, 3.8) is 0 Å². The zero-order valence-corrected chi connectivity index (χ0v) is 15.4. The van der Waals surface area contributed by atoms with Gasteiger partial charge in [0.1, 0.15) is 0 Å². The summed E-state index contributed by atoms with van der Waals surface area (Å²) in [6.45, 7) is 3.84. The predicted molar refractivity (Wildman–Crippen MR) is 102 cm³/mol. The summed E-state index contributed by atoms with van der Waals surface area (Å²) >= 11 is 1.79. The lowest BCUT2D eigenvalue weighted by atomic mass is 10.1. The van der Waals surface area contributed by atoms with Crippen LogP contribution in [0.1, 0.15) is 16.9 Å². The Balaban J connectivity index is 1.35. The number of aliphatic imine (C=N–C) groups is 1. The maximum atomic E-state index is 12.4.